The third-order valence-corrected chi connectivity index (χ3v) is 10.5. The summed E-state index contributed by atoms with van der Waals surface area (Å²) >= 11 is 0. The van der Waals surface area contributed by atoms with Crippen molar-refractivity contribution < 1.29 is 0 Å². The van der Waals surface area contributed by atoms with Crippen molar-refractivity contribution in [2.24, 2.45) is 0 Å². The number of hydrogen-bond acceptors (Lipinski definition) is 3. The minimum atomic E-state index is -0.0253. The molecule has 1 aliphatic rings. The van der Waals surface area contributed by atoms with E-state index in [1.807, 2.05) is 36.4 Å². The van der Waals surface area contributed by atoms with Crippen molar-refractivity contribution in [2.75, 3.05) is 0 Å². The van der Waals surface area contributed by atoms with Gasteiger partial charge in [-0.05, 0) is 68.4 Å². The zero-order valence-electron chi connectivity index (χ0n) is 27.8. The summed E-state index contributed by atoms with van der Waals surface area (Å²) in [5.74, 6) is 1.88. The largest absolute Gasteiger partial charge is 0.278 e. The van der Waals surface area contributed by atoms with Crippen LogP contribution in [0.2, 0.25) is 0 Å². The van der Waals surface area contributed by atoms with Gasteiger partial charge in [0.2, 0.25) is 5.95 Å². The van der Waals surface area contributed by atoms with Crippen LogP contribution in [0.5, 0.6) is 0 Å². The molecule has 0 radical (unpaired) electrons. The summed E-state index contributed by atoms with van der Waals surface area (Å²) in [5.41, 5.74) is 11.8. The van der Waals surface area contributed by atoms with Gasteiger partial charge in [-0.1, -0.05) is 147 Å². The van der Waals surface area contributed by atoms with E-state index in [4.69, 9.17) is 15.0 Å². The summed E-state index contributed by atoms with van der Waals surface area (Å²) in [4.78, 5) is 15.3. The molecule has 0 spiro atoms. The van der Waals surface area contributed by atoms with Crippen molar-refractivity contribution in [1.29, 1.82) is 0 Å². The van der Waals surface area contributed by atoms with Crippen molar-refractivity contribution in [3.8, 4) is 51.0 Å². The van der Waals surface area contributed by atoms with E-state index >= 15 is 0 Å². The molecule has 4 heteroatoms. The van der Waals surface area contributed by atoms with E-state index in [1.54, 1.807) is 0 Å². The van der Waals surface area contributed by atoms with Gasteiger partial charge in [0.25, 0.3) is 0 Å². The fraction of sp³-hybridized carbons (Fsp3) is 0.0652. The lowest BCUT2D eigenvalue weighted by molar-refractivity contribution is 0.660. The van der Waals surface area contributed by atoms with Gasteiger partial charge in [0.05, 0.1) is 11.0 Å². The Morgan fingerprint density at radius 3 is 1.80 bits per heavy atom. The van der Waals surface area contributed by atoms with E-state index in [9.17, 15) is 0 Å². The maximum absolute atomic E-state index is 5.15. The molecular formula is C46H32N4. The van der Waals surface area contributed by atoms with Gasteiger partial charge in [-0.15, -0.1) is 0 Å². The molecule has 0 fully saturated rings. The van der Waals surface area contributed by atoms with Gasteiger partial charge in [-0.25, -0.2) is 4.98 Å². The number of rotatable bonds is 4. The van der Waals surface area contributed by atoms with Crippen LogP contribution < -0.4 is 0 Å². The topological polar surface area (TPSA) is 43.6 Å². The predicted octanol–water partition coefficient (Wildman–Crippen LogP) is 11.4. The molecule has 0 aliphatic heterocycles. The molecule has 0 unspecified atom stereocenters. The van der Waals surface area contributed by atoms with E-state index < -0.39 is 0 Å². The Bertz CT molecular complexity index is 2720. The third-order valence-electron chi connectivity index (χ3n) is 10.5. The molecule has 2 heterocycles. The molecule has 0 amide bonds. The minimum Gasteiger partial charge on any atom is -0.278 e. The molecule has 9 aromatic rings. The van der Waals surface area contributed by atoms with Crippen LogP contribution in [0, 0.1) is 0 Å². The molecule has 0 N–H and O–H groups in total. The summed E-state index contributed by atoms with van der Waals surface area (Å²) in [6.07, 6.45) is 0. The Balaban J connectivity index is 1.24. The first kappa shape index (κ1) is 28.6. The maximum atomic E-state index is 5.15. The molecule has 236 valence electrons. The second-order valence-corrected chi connectivity index (χ2v) is 13.7. The lowest BCUT2D eigenvalue weighted by atomic mass is 9.82. The standard InChI is InChI=1S/C46H32N4/c1-46(2)38-20-12-11-19-35(38)36-27-32(21-24-39(36)46)33-23-25-40-37(28-33)42-34-18-10-9-13-29(34)22-26-41(42)50(40)45-48-43(30-14-5-3-6-15-30)47-44(49-45)31-16-7-4-8-17-31/h3-28H,1-2H3. The first-order valence-corrected chi connectivity index (χ1v) is 17.1. The minimum absolute atomic E-state index is 0.0253. The smallest absolute Gasteiger partial charge is 0.238 e. The van der Waals surface area contributed by atoms with Crippen LogP contribution in [0.1, 0.15) is 25.0 Å². The van der Waals surface area contributed by atoms with Crippen molar-refractivity contribution in [2.45, 2.75) is 19.3 Å². The third kappa shape index (κ3) is 4.28. The second kappa shape index (κ2) is 10.8. The van der Waals surface area contributed by atoms with Gasteiger partial charge in [0.1, 0.15) is 0 Å². The number of benzene rings is 7. The Hall–Kier alpha value is -6.39. The monoisotopic (exact) mass is 640 g/mol. The normalized spacial score (nSPS) is 13.2. The number of hydrogen-bond donors (Lipinski definition) is 0. The van der Waals surface area contributed by atoms with Crippen molar-refractivity contribution >= 4 is 32.6 Å². The summed E-state index contributed by atoms with van der Waals surface area (Å²) in [6.45, 7) is 4.66. The zero-order valence-corrected chi connectivity index (χ0v) is 27.8. The van der Waals surface area contributed by atoms with Crippen molar-refractivity contribution in [3.05, 3.63) is 169 Å². The van der Waals surface area contributed by atoms with Crippen LogP contribution >= 0.6 is 0 Å². The highest BCUT2D eigenvalue weighted by Gasteiger charge is 2.35. The Labute approximate surface area is 290 Å². The van der Waals surface area contributed by atoms with Crippen molar-refractivity contribution in [3.63, 3.8) is 0 Å². The van der Waals surface area contributed by atoms with Gasteiger partial charge in [0.15, 0.2) is 11.6 Å². The fourth-order valence-corrected chi connectivity index (χ4v) is 7.98. The van der Waals surface area contributed by atoms with Crippen molar-refractivity contribution in [1.82, 2.24) is 19.5 Å². The van der Waals surface area contributed by atoms with Gasteiger partial charge >= 0.3 is 0 Å². The van der Waals surface area contributed by atoms with E-state index in [1.165, 1.54) is 54.9 Å². The summed E-state index contributed by atoms with van der Waals surface area (Å²) < 4.78 is 2.21. The highest BCUT2D eigenvalue weighted by atomic mass is 15.2. The van der Waals surface area contributed by atoms with Crippen LogP contribution in [0.4, 0.5) is 0 Å². The lowest BCUT2D eigenvalue weighted by Gasteiger charge is -2.21. The van der Waals surface area contributed by atoms with Crippen LogP contribution in [0.25, 0.3) is 83.6 Å². The average molecular weight is 641 g/mol. The van der Waals surface area contributed by atoms with E-state index in [2.05, 4.69) is 140 Å². The highest BCUT2D eigenvalue weighted by molar-refractivity contribution is 6.21. The van der Waals surface area contributed by atoms with Gasteiger partial charge in [-0.3, -0.25) is 4.57 Å². The highest BCUT2D eigenvalue weighted by Crippen LogP contribution is 2.49. The molecule has 1 aliphatic carbocycles. The average Bonchev–Trinajstić information content (AvgIpc) is 3.63. The van der Waals surface area contributed by atoms with Crippen LogP contribution in [-0.2, 0) is 5.41 Å². The van der Waals surface area contributed by atoms with Crippen LogP contribution in [0.15, 0.2) is 158 Å². The molecule has 4 nitrogen and oxygen atoms in total. The first-order valence-electron chi connectivity index (χ1n) is 17.1. The van der Waals surface area contributed by atoms with Gasteiger partial charge in [-0.2, -0.15) is 9.97 Å². The number of fused-ring (bicyclic) bond motifs is 8. The van der Waals surface area contributed by atoms with E-state index in [0.717, 1.165) is 22.2 Å². The number of aromatic nitrogens is 4. The SMILES string of the molecule is CC1(C)c2ccccc2-c2cc(-c3ccc4c(c3)c3c5ccccc5ccc3n4-c3nc(-c4ccccc4)nc(-c4ccccc4)n3)ccc21. The molecule has 2 aromatic heterocycles. The Morgan fingerprint density at radius 2 is 1.04 bits per heavy atom. The molecule has 0 bridgehead atoms. The van der Waals surface area contributed by atoms with E-state index in [0.29, 0.717) is 17.6 Å². The molecule has 7 aromatic carbocycles. The van der Waals surface area contributed by atoms with Crippen LogP contribution in [-0.4, -0.2) is 19.5 Å². The number of nitrogens with zero attached hydrogens (tertiary/aromatic N) is 4. The Morgan fingerprint density at radius 1 is 0.440 bits per heavy atom. The van der Waals surface area contributed by atoms with Gasteiger partial charge < -0.3 is 0 Å². The second-order valence-electron chi connectivity index (χ2n) is 13.7. The van der Waals surface area contributed by atoms with E-state index in [-0.39, 0.29) is 5.41 Å². The zero-order chi connectivity index (χ0) is 33.4. The summed E-state index contributed by atoms with van der Waals surface area (Å²) in [6, 6.07) is 56.0. The molecule has 0 saturated heterocycles. The van der Waals surface area contributed by atoms with Gasteiger partial charge in [0, 0.05) is 27.3 Å². The fourth-order valence-electron chi connectivity index (χ4n) is 7.98. The molecule has 50 heavy (non-hydrogen) atoms. The molecule has 0 atom stereocenters. The predicted molar refractivity (Wildman–Crippen MR) is 206 cm³/mol. The lowest BCUT2D eigenvalue weighted by Crippen LogP contribution is -2.14. The summed E-state index contributed by atoms with van der Waals surface area (Å²) in [5, 5.41) is 4.76. The first-order chi connectivity index (χ1) is 24.5. The molecular weight excluding hydrogens is 609 g/mol. The molecule has 0 saturated carbocycles. The van der Waals surface area contributed by atoms with Crippen LogP contribution in [0.3, 0.4) is 0 Å². The maximum Gasteiger partial charge on any atom is 0.238 e. The Kier molecular flexibility index (Phi) is 6.19. The summed E-state index contributed by atoms with van der Waals surface area (Å²) in [7, 11) is 0. The molecule has 10 rings (SSSR count). The quantitative estimate of drug-likeness (QED) is 0.192.